The van der Waals surface area contributed by atoms with E-state index in [1.165, 1.54) is 11.3 Å². The third kappa shape index (κ3) is 5.45. The molecule has 0 radical (unpaired) electrons. The number of rotatable bonds is 6. The van der Waals surface area contributed by atoms with Gasteiger partial charge in [0.05, 0.1) is 0 Å². The fourth-order valence-electron chi connectivity index (χ4n) is 2.27. The van der Waals surface area contributed by atoms with Gasteiger partial charge in [-0.3, -0.25) is 0 Å². The maximum Gasteiger partial charge on any atom is 0.331 e. The average Bonchev–Trinajstić information content (AvgIpc) is 2.01. The maximum absolute atomic E-state index is 5.57. The summed E-state index contributed by atoms with van der Waals surface area (Å²) in [7, 11) is 0.277. The van der Waals surface area contributed by atoms with E-state index in [-0.39, 0.29) is 0 Å². The minimum Gasteiger partial charge on any atom is -0.398 e. The van der Waals surface area contributed by atoms with Crippen molar-refractivity contribution in [3.63, 3.8) is 0 Å². The molecule has 0 aromatic heterocycles. The molecule has 0 aliphatic rings. The van der Waals surface area contributed by atoms with Gasteiger partial charge in [0.25, 0.3) is 0 Å². The third-order valence-corrected chi connectivity index (χ3v) is 18.4. The van der Waals surface area contributed by atoms with Gasteiger partial charge in [-0.25, -0.2) is 0 Å². The van der Waals surface area contributed by atoms with Crippen molar-refractivity contribution < 1.29 is 8.85 Å². The van der Waals surface area contributed by atoms with E-state index in [4.69, 9.17) is 8.85 Å². The standard InChI is InChI=1S/C9H26O2Si3/c1-10-14(7,11-2)9-13(5,6)8-12(3)4/h12H,8-9H2,1-7H3. The van der Waals surface area contributed by atoms with Crippen molar-refractivity contribution in [2.75, 3.05) is 14.2 Å². The Morgan fingerprint density at radius 1 is 1.00 bits per heavy atom. The Hall–Kier alpha value is 0.571. The van der Waals surface area contributed by atoms with Gasteiger partial charge in [-0.2, -0.15) is 0 Å². The Balaban J connectivity index is 4.32. The Kier molecular flexibility index (Phi) is 5.83. The van der Waals surface area contributed by atoms with Crippen molar-refractivity contribution >= 4 is 25.4 Å². The largest absolute Gasteiger partial charge is 0.398 e. The smallest absolute Gasteiger partial charge is 0.331 e. The van der Waals surface area contributed by atoms with E-state index in [0.717, 1.165) is 0 Å². The minimum atomic E-state index is -1.82. The van der Waals surface area contributed by atoms with Crippen LogP contribution in [0.3, 0.4) is 0 Å². The molecule has 0 aromatic carbocycles. The summed E-state index contributed by atoms with van der Waals surface area (Å²) in [6.07, 6.45) is 0. The second kappa shape index (κ2) is 5.60. The molecule has 0 amide bonds. The lowest BCUT2D eigenvalue weighted by Gasteiger charge is -2.32. The molecule has 0 aromatic rings. The number of hydrogen-bond acceptors (Lipinski definition) is 2. The Labute approximate surface area is 92.9 Å². The summed E-state index contributed by atoms with van der Waals surface area (Å²) >= 11 is 0. The minimum absolute atomic E-state index is 0.434. The van der Waals surface area contributed by atoms with E-state index in [1.54, 1.807) is 14.2 Å². The van der Waals surface area contributed by atoms with Crippen LogP contribution in [-0.4, -0.2) is 39.7 Å². The van der Waals surface area contributed by atoms with E-state index in [2.05, 4.69) is 32.7 Å². The van der Waals surface area contributed by atoms with Crippen molar-refractivity contribution in [3.8, 4) is 0 Å². The first-order valence-electron chi connectivity index (χ1n) is 5.35. The van der Waals surface area contributed by atoms with Crippen LogP contribution >= 0.6 is 0 Å². The Morgan fingerprint density at radius 3 is 1.71 bits per heavy atom. The lowest BCUT2D eigenvalue weighted by atomic mass is 11.7. The first-order valence-corrected chi connectivity index (χ1v) is 14.4. The van der Waals surface area contributed by atoms with Gasteiger partial charge in [0, 0.05) is 31.1 Å². The van der Waals surface area contributed by atoms with Gasteiger partial charge in [-0.1, -0.05) is 31.9 Å². The van der Waals surface area contributed by atoms with E-state index in [1.807, 2.05) is 0 Å². The molecule has 14 heavy (non-hydrogen) atoms. The molecular weight excluding hydrogens is 224 g/mol. The molecule has 0 bridgehead atoms. The van der Waals surface area contributed by atoms with E-state index in [0.29, 0.717) is 0 Å². The zero-order valence-electron chi connectivity index (χ0n) is 10.8. The fraction of sp³-hybridized carbons (Fsp3) is 1.00. The predicted octanol–water partition coefficient (Wildman–Crippen LogP) is 2.62. The molecule has 5 heteroatoms. The lowest BCUT2D eigenvalue weighted by molar-refractivity contribution is 0.254. The SMILES string of the molecule is CO[Si](C)(C[Si](C)(C)C[SiH](C)C)OC. The van der Waals surface area contributed by atoms with Crippen molar-refractivity contribution in [2.45, 2.75) is 44.1 Å². The zero-order valence-corrected chi connectivity index (χ0v) is 14.0. The van der Waals surface area contributed by atoms with Crippen LogP contribution in [0.15, 0.2) is 0 Å². The van der Waals surface area contributed by atoms with Gasteiger partial charge in [0.15, 0.2) is 0 Å². The van der Waals surface area contributed by atoms with Crippen LogP contribution < -0.4 is 0 Å². The topological polar surface area (TPSA) is 18.5 Å². The van der Waals surface area contributed by atoms with Crippen LogP contribution in [0.25, 0.3) is 0 Å². The van der Waals surface area contributed by atoms with E-state index < -0.39 is 25.4 Å². The molecule has 0 spiro atoms. The van der Waals surface area contributed by atoms with E-state index >= 15 is 0 Å². The molecule has 0 N–H and O–H groups in total. The van der Waals surface area contributed by atoms with Crippen molar-refractivity contribution in [1.29, 1.82) is 0 Å². The van der Waals surface area contributed by atoms with Crippen LogP contribution in [0.5, 0.6) is 0 Å². The van der Waals surface area contributed by atoms with Gasteiger partial charge < -0.3 is 8.85 Å². The highest BCUT2D eigenvalue weighted by Crippen LogP contribution is 2.25. The molecule has 0 fully saturated rings. The van der Waals surface area contributed by atoms with Crippen molar-refractivity contribution in [3.05, 3.63) is 0 Å². The quantitative estimate of drug-likeness (QED) is 0.675. The van der Waals surface area contributed by atoms with Gasteiger partial charge in [0.2, 0.25) is 0 Å². The first-order chi connectivity index (χ1) is 6.24. The maximum atomic E-state index is 5.57. The Morgan fingerprint density at radius 2 is 1.43 bits per heavy atom. The van der Waals surface area contributed by atoms with Gasteiger partial charge in [-0.05, 0) is 12.2 Å². The summed E-state index contributed by atoms with van der Waals surface area (Å²) in [5.41, 5.74) is 2.74. The third-order valence-electron chi connectivity index (χ3n) is 2.62. The molecule has 0 saturated carbocycles. The van der Waals surface area contributed by atoms with Gasteiger partial charge in [-0.15, -0.1) is 0 Å². The normalized spacial score (nSPS) is 13.7. The molecule has 0 rings (SSSR count). The molecule has 0 heterocycles. The summed E-state index contributed by atoms with van der Waals surface area (Å²) in [5.74, 6) is 0. The average molecular weight is 251 g/mol. The molecule has 0 unspecified atom stereocenters. The summed E-state index contributed by atoms with van der Waals surface area (Å²) in [5, 5.41) is 0. The van der Waals surface area contributed by atoms with Crippen LogP contribution in [0.4, 0.5) is 0 Å². The van der Waals surface area contributed by atoms with Crippen LogP contribution in [0.1, 0.15) is 0 Å². The van der Waals surface area contributed by atoms with Crippen molar-refractivity contribution in [1.82, 2.24) is 0 Å². The highest BCUT2D eigenvalue weighted by molar-refractivity contribution is 6.96. The molecule has 0 aliphatic heterocycles. The zero-order chi connectivity index (χ0) is 11.4. The van der Waals surface area contributed by atoms with Crippen molar-refractivity contribution in [2.24, 2.45) is 0 Å². The molecule has 0 aliphatic carbocycles. The molecule has 86 valence electrons. The van der Waals surface area contributed by atoms with Crippen LogP contribution in [0, 0.1) is 0 Å². The van der Waals surface area contributed by atoms with Crippen LogP contribution in [-0.2, 0) is 8.85 Å². The van der Waals surface area contributed by atoms with Gasteiger partial charge >= 0.3 is 8.56 Å². The lowest BCUT2D eigenvalue weighted by Crippen LogP contribution is -2.46. The van der Waals surface area contributed by atoms with Crippen LogP contribution in [0.2, 0.25) is 44.1 Å². The van der Waals surface area contributed by atoms with E-state index in [9.17, 15) is 0 Å². The first kappa shape index (κ1) is 14.6. The summed E-state index contributed by atoms with van der Waals surface area (Å²) < 4.78 is 11.1. The summed E-state index contributed by atoms with van der Waals surface area (Å²) in [6, 6.07) is 0. The number of hydrogen-bond donors (Lipinski definition) is 0. The molecular formula is C9H26O2Si3. The highest BCUT2D eigenvalue weighted by atomic mass is 28.4. The molecule has 2 nitrogen and oxygen atoms in total. The summed E-state index contributed by atoms with van der Waals surface area (Å²) in [6.45, 7) is 12.0. The second-order valence-electron chi connectivity index (χ2n) is 5.48. The second-order valence-corrected chi connectivity index (χ2v) is 18.7. The molecule has 0 saturated heterocycles. The predicted molar refractivity (Wildman–Crippen MR) is 71.6 cm³/mol. The summed E-state index contributed by atoms with van der Waals surface area (Å²) in [4.78, 5) is 0. The Bertz CT molecular complexity index is 167. The fourth-order valence-corrected chi connectivity index (χ4v) is 21.3. The van der Waals surface area contributed by atoms with Gasteiger partial charge in [0.1, 0.15) is 0 Å². The highest BCUT2D eigenvalue weighted by Gasteiger charge is 2.37. The monoisotopic (exact) mass is 250 g/mol. The molecule has 0 atom stereocenters.